The highest BCUT2D eigenvalue weighted by Gasteiger charge is 2.31. The second-order valence-electron chi connectivity index (χ2n) is 7.12. The monoisotopic (exact) mass is 420 g/mol. The third-order valence-corrected chi connectivity index (χ3v) is 5.78. The average molecular weight is 420 g/mol. The number of amides is 1. The quantitative estimate of drug-likeness (QED) is 0.571. The van der Waals surface area contributed by atoms with E-state index in [1.54, 1.807) is 12.1 Å². The number of rotatable bonds is 7. The summed E-state index contributed by atoms with van der Waals surface area (Å²) in [6.07, 6.45) is 1.25. The van der Waals surface area contributed by atoms with Crippen LogP contribution in [0.25, 0.3) is 11.5 Å². The molecule has 4 rings (SSSR count). The molecular weight excluding hydrogens is 400 g/mol. The Morgan fingerprint density at radius 1 is 1.10 bits per heavy atom. The van der Waals surface area contributed by atoms with E-state index in [0.29, 0.717) is 42.5 Å². The molecule has 1 fully saturated rings. The van der Waals surface area contributed by atoms with Crippen molar-refractivity contribution in [3.8, 4) is 11.5 Å². The van der Waals surface area contributed by atoms with E-state index < -0.39 is 6.04 Å². The number of Topliss-reactive ketones (excluding diaryl/α,β-unsaturated/α-hetero) is 1. The van der Waals surface area contributed by atoms with Crippen LogP contribution in [0, 0.1) is 6.92 Å². The summed E-state index contributed by atoms with van der Waals surface area (Å²) in [5.74, 6) is 1.30. The lowest BCUT2D eigenvalue weighted by Crippen LogP contribution is -2.30. The molecule has 7 heteroatoms. The van der Waals surface area contributed by atoms with Crippen molar-refractivity contribution in [2.75, 3.05) is 0 Å². The number of nitrogens with zero attached hydrogens (tertiary/aromatic N) is 1. The summed E-state index contributed by atoms with van der Waals surface area (Å²) in [7, 11) is 0. The van der Waals surface area contributed by atoms with Crippen molar-refractivity contribution in [2.24, 2.45) is 0 Å². The van der Waals surface area contributed by atoms with Gasteiger partial charge in [0.05, 0.1) is 5.69 Å². The van der Waals surface area contributed by atoms with Crippen LogP contribution in [-0.2, 0) is 17.6 Å². The number of ketones is 1. The molecule has 1 unspecified atom stereocenters. The Bertz CT molecular complexity index is 1090. The molecule has 1 saturated heterocycles. The molecule has 1 aliphatic heterocycles. The molecule has 152 valence electrons. The predicted octanol–water partition coefficient (Wildman–Crippen LogP) is 4.36. The minimum absolute atomic E-state index is 0.0195. The molecule has 0 saturated carbocycles. The van der Waals surface area contributed by atoms with Gasteiger partial charge in [-0.15, -0.1) is 0 Å². The van der Waals surface area contributed by atoms with Crippen molar-refractivity contribution in [3.63, 3.8) is 0 Å². The fraction of sp³-hybridized carbons (Fsp3) is 0.217. The fourth-order valence-corrected chi connectivity index (χ4v) is 4.00. The minimum Gasteiger partial charge on any atom is -0.441 e. The number of benzene rings is 2. The first-order valence-corrected chi connectivity index (χ1v) is 10.5. The summed E-state index contributed by atoms with van der Waals surface area (Å²) in [5.41, 5.74) is 3.20. The lowest BCUT2D eigenvalue weighted by molar-refractivity contribution is -0.112. The van der Waals surface area contributed by atoms with Crippen molar-refractivity contribution in [2.45, 2.75) is 32.2 Å². The summed E-state index contributed by atoms with van der Waals surface area (Å²) in [6.45, 7) is 1.86. The van der Waals surface area contributed by atoms with Crippen LogP contribution in [0.5, 0.6) is 0 Å². The van der Waals surface area contributed by atoms with Gasteiger partial charge in [-0.2, -0.15) is 0 Å². The zero-order chi connectivity index (χ0) is 21.1. The van der Waals surface area contributed by atoms with Crippen LogP contribution < -0.4 is 5.32 Å². The molecular formula is C23H20N2O4S. The molecule has 0 spiro atoms. The molecule has 1 amide bonds. The van der Waals surface area contributed by atoms with E-state index in [9.17, 15) is 14.4 Å². The maximum Gasteiger partial charge on any atom is 0.287 e. The molecule has 6 nitrogen and oxygen atoms in total. The predicted molar refractivity (Wildman–Crippen MR) is 114 cm³/mol. The van der Waals surface area contributed by atoms with Gasteiger partial charge in [0.15, 0.2) is 5.78 Å². The van der Waals surface area contributed by atoms with Crippen LogP contribution in [0.3, 0.4) is 0 Å². The molecule has 0 radical (unpaired) electrons. The van der Waals surface area contributed by atoms with Gasteiger partial charge in [-0.05, 0) is 24.6 Å². The molecule has 0 aliphatic carbocycles. The zero-order valence-electron chi connectivity index (χ0n) is 16.4. The van der Waals surface area contributed by atoms with Gasteiger partial charge in [0.1, 0.15) is 11.8 Å². The summed E-state index contributed by atoms with van der Waals surface area (Å²) in [4.78, 5) is 40.1. The van der Waals surface area contributed by atoms with Crippen LogP contribution in [0.1, 0.15) is 33.8 Å². The van der Waals surface area contributed by atoms with Crippen molar-refractivity contribution in [1.29, 1.82) is 0 Å². The highest BCUT2D eigenvalue weighted by molar-refractivity contribution is 8.26. The number of aryl methyl sites for hydroxylation is 2. The van der Waals surface area contributed by atoms with E-state index in [4.69, 9.17) is 4.42 Å². The fourth-order valence-electron chi connectivity index (χ4n) is 3.33. The highest BCUT2D eigenvalue weighted by Crippen LogP contribution is 2.23. The maximum absolute atomic E-state index is 12.6. The molecule has 1 N–H and O–H groups in total. The molecule has 2 heterocycles. The largest absolute Gasteiger partial charge is 0.441 e. The Kier molecular flexibility index (Phi) is 5.81. The Hall–Kier alpha value is -3.19. The van der Waals surface area contributed by atoms with Crippen molar-refractivity contribution < 1.29 is 18.8 Å². The van der Waals surface area contributed by atoms with Crippen molar-refractivity contribution in [3.05, 3.63) is 77.2 Å². The highest BCUT2D eigenvalue weighted by atomic mass is 32.2. The number of nitrogens with one attached hydrogen (secondary N) is 1. The molecule has 1 atom stereocenters. The van der Waals surface area contributed by atoms with Gasteiger partial charge >= 0.3 is 0 Å². The normalized spacial score (nSPS) is 16.0. The van der Waals surface area contributed by atoms with Gasteiger partial charge in [0.25, 0.3) is 5.24 Å². The lowest BCUT2D eigenvalue weighted by Gasteiger charge is -2.08. The second kappa shape index (κ2) is 8.67. The lowest BCUT2D eigenvalue weighted by atomic mass is 10.0. The SMILES string of the molecule is Cc1oc(-c2ccccc2)nc1CCC(=O)c1ccc(CC2NC(=O)SC2=O)cc1. The van der Waals surface area contributed by atoms with E-state index >= 15 is 0 Å². The smallest absolute Gasteiger partial charge is 0.287 e. The number of carbonyl (C=O) groups is 3. The Labute approximate surface area is 178 Å². The van der Waals surface area contributed by atoms with Gasteiger partial charge in [-0.1, -0.05) is 42.5 Å². The Morgan fingerprint density at radius 3 is 2.50 bits per heavy atom. The Balaban J connectivity index is 1.36. The van der Waals surface area contributed by atoms with Crippen LogP contribution >= 0.6 is 11.8 Å². The number of aromatic nitrogens is 1. The van der Waals surface area contributed by atoms with E-state index in [-0.39, 0.29) is 16.1 Å². The van der Waals surface area contributed by atoms with Gasteiger partial charge in [-0.3, -0.25) is 14.4 Å². The van der Waals surface area contributed by atoms with E-state index in [1.807, 2.05) is 49.4 Å². The molecule has 0 bridgehead atoms. The van der Waals surface area contributed by atoms with Crippen LogP contribution in [0.4, 0.5) is 4.79 Å². The minimum atomic E-state index is -0.502. The standard InChI is InChI=1S/C23H20N2O4S/c1-14-18(24-21(29-14)17-5-3-2-4-6-17)11-12-20(26)16-9-7-15(8-10-16)13-19-22(27)30-23(28)25-19/h2-10,19H,11-13H2,1H3,(H,25,28). The topological polar surface area (TPSA) is 89.3 Å². The van der Waals surface area contributed by atoms with Crippen LogP contribution in [-0.4, -0.2) is 27.2 Å². The summed E-state index contributed by atoms with van der Waals surface area (Å²) >= 11 is 0.705. The summed E-state index contributed by atoms with van der Waals surface area (Å²) in [6, 6.07) is 16.3. The molecule has 30 heavy (non-hydrogen) atoms. The van der Waals surface area contributed by atoms with Crippen molar-refractivity contribution >= 4 is 27.9 Å². The van der Waals surface area contributed by atoms with Crippen LogP contribution in [0.15, 0.2) is 59.0 Å². The number of thioether (sulfide) groups is 1. The third kappa shape index (κ3) is 4.52. The first kappa shape index (κ1) is 20.1. The number of hydrogen-bond donors (Lipinski definition) is 1. The molecule has 3 aromatic rings. The van der Waals surface area contributed by atoms with Gasteiger partial charge in [0.2, 0.25) is 11.0 Å². The second-order valence-corrected chi connectivity index (χ2v) is 8.09. The molecule has 1 aromatic heterocycles. The van der Waals surface area contributed by atoms with Gasteiger partial charge < -0.3 is 9.73 Å². The Morgan fingerprint density at radius 2 is 1.83 bits per heavy atom. The molecule has 2 aromatic carbocycles. The average Bonchev–Trinajstić information content (AvgIpc) is 3.28. The summed E-state index contributed by atoms with van der Waals surface area (Å²) in [5, 5.41) is 2.16. The van der Waals surface area contributed by atoms with Gasteiger partial charge in [-0.25, -0.2) is 4.98 Å². The first-order chi connectivity index (χ1) is 14.5. The van der Waals surface area contributed by atoms with Crippen LogP contribution in [0.2, 0.25) is 0 Å². The zero-order valence-corrected chi connectivity index (χ0v) is 17.2. The molecule has 1 aliphatic rings. The first-order valence-electron chi connectivity index (χ1n) is 9.65. The maximum atomic E-state index is 12.6. The van der Waals surface area contributed by atoms with E-state index in [0.717, 1.165) is 22.6 Å². The van der Waals surface area contributed by atoms with Gasteiger partial charge in [0, 0.05) is 42.2 Å². The van der Waals surface area contributed by atoms with E-state index in [2.05, 4.69) is 10.3 Å². The van der Waals surface area contributed by atoms with Crippen molar-refractivity contribution in [1.82, 2.24) is 10.3 Å². The number of carbonyl (C=O) groups excluding carboxylic acids is 3. The number of hydrogen-bond acceptors (Lipinski definition) is 6. The number of oxazole rings is 1. The van der Waals surface area contributed by atoms with E-state index in [1.165, 1.54) is 0 Å². The third-order valence-electron chi connectivity index (χ3n) is 4.99. The summed E-state index contributed by atoms with van der Waals surface area (Å²) < 4.78 is 5.75.